The second-order valence-corrected chi connectivity index (χ2v) is 4.97. The third-order valence-corrected chi connectivity index (χ3v) is 3.25. The zero-order valence-electron chi connectivity index (χ0n) is 12.5. The van der Waals surface area contributed by atoms with Gasteiger partial charge in [0.05, 0.1) is 0 Å². The van der Waals surface area contributed by atoms with Gasteiger partial charge in [-0.3, -0.25) is 4.79 Å². The standard InChI is InChI=1S/C19H16N2O2/c22-19(21-14-15-7-2-1-3-8-15)16-9-6-10-17(13-16)23-18-11-4-5-12-20-18/h1-13H,14H2,(H,21,22). The molecule has 3 aromatic rings. The Labute approximate surface area is 134 Å². The number of ether oxygens (including phenoxy) is 1. The second kappa shape index (κ2) is 7.22. The van der Waals surface area contributed by atoms with Crippen LogP contribution in [-0.4, -0.2) is 10.9 Å². The third kappa shape index (κ3) is 4.17. The molecule has 1 aromatic heterocycles. The van der Waals surface area contributed by atoms with Gasteiger partial charge in [0.2, 0.25) is 5.88 Å². The maximum atomic E-state index is 12.2. The minimum atomic E-state index is -0.139. The molecule has 2 aromatic carbocycles. The van der Waals surface area contributed by atoms with Gasteiger partial charge in [-0.2, -0.15) is 0 Å². The van der Waals surface area contributed by atoms with E-state index in [1.165, 1.54) is 0 Å². The maximum Gasteiger partial charge on any atom is 0.251 e. The molecule has 0 saturated heterocycles. The molecule has 0 unspecified atom stereocenters. The highest BCUT2D eigenvalue weighted by Gasteiger charge is 2.07. The van der Waals surface area contributed by atoms with Gasteiger partial charge in [0.15, 0.2) is 0 Å². The summed E-state index contributed by atoms with van der Waals surface area (Å²) in [6.45, 7) is 0.491. The quantitative estimate of drug-likeness (QED) is 0.780. The van der Waals surface area contributed by atoms with Crippen LogP contribution in [0.15, 0.2) is 79.0 Å². The molecule has 4 heteroatoms. The Kier molecular flexibility index (Phi) is 4.64. The average Bonchev–Trinajstić information content (AvgIpc) is 2.62. The normalized spacial score (nSPS) is 10.1. The van der Waals surface area contributed by atoms with Crippen molar-refractivity contribution in [3.05, 3.63) is 90.1 Å². The molecule has 0 bridgehead atoms. The van der Waals surface area contributed by atoms with Crippen molar-refractivity contribution in [2.45, 2.75) is 6.54 Å². The first kappa shape index (κ1) is 14.8. The smallest absolute Gasteiger partial charge is 0.251 e. The Morgan fingerprint density at radius 1 is 0.957 bits per heavy atom. The summed E-state index contributed by atoms with van der Waals surface area (Å²) < 4.78 is 5.64. The lowest BCUT2D eigenvalue weighted by atomic mass is 10.2. The summed E-state index contributed by atoms with van der Waals surface area (Å²) in [7, 11) is 0. The van der Waals surface area contributed by atoms with Crippen molar-refractivity contribution in [2.75, 3.05) is 0 Å². The van der Waals surface area contributed by atoms with Crippen LogP contribution in [-0.2, 0) is 6.54 Å². The molecule has 0 radical (unpaired) electrons. The summed E-state index contributed by atoms with van der Waals surface area (Å²) in [6, 6.07) is 22.3. The Hall–Kier alpha value is -3.14. The Morgan fingerprint density at radius 2 is 1.78 bits per heavy atom. The highest BCUT2D eigenvalue weighted by molar-refractivity contribution is 5.94. The van der Waals surface area contributed by atoms with Gasteiger partial charge in [0.25, 0.3) is 5.91 Å². The first-order valence-corrected chi connectivity index (χ1v) is 7.32. The van der Waals surface area contributed by atoms with E-state index < -0.39 is 0 Å². The Balaban J connectivity index is 1.65. The van der Waals surface area contributed by atoms with Gasteiger partial charge in [0, 0.05) is 24.4 Å². The van der Waals surface area contributed by atoms with Crippen LogP contribution in [0, 0.1) is 0 Å². The van der Waals surface area contributed by atoms with Crippen molar-refractivity contribution in [3.63, 3.8) is 0 Å². The van der Waals surface area contributed by atoms with E-state index in [4.69, 9.17) is 4.74 Å². The lowest BCUT2D eigenvalue weighted by Gasteiger charge is -2.08. The highest BCUT2D eigenvalue weighted by Crippen LogP contribution is 2.20. The highest BCUT2D eigenvalue weighted by atomic mass is 16.5. The van der Waals surface area contributed by atoms with Gasteiger partial charge in [-0.25, -0.2) is 4.98 Å². The van der Waals surface area contributed by atoms with Crippen LogP contribution in [0.5, 0.6) is 11.6 Å². The predicted molar refractivity (Wildman–Crippen MR) is 88.4 cm³/mol. The topological polar surface area (TPSA) is 51.2 Å². The lowest BCUT2D eigenvalue weighted by Crippen LogP contribution is -2.22. The number of aromatic nitrogens is 1. The lowest BCUT2D eigenvalue weighted by molar-refractivity contribution is 0.0950. The average molecular weight is 304 g/mol. The number of rotatable bonds is 5. The minimum absolute atomic E-state index is 0.139. The van der Waals surface area contributed by atoms with Gasteiger partial charge >= 0.3 is 0 Å². The van der Waals surface area contributed by atoms with Crippen LogP contribution >= 0.6 is 0 Å². The van der Waals surface area contributed by atoms with Gasteiger partial charge in [-0.1, -0.05) is 42.5 Å². The van der Waals surface area contributed by atoms with E-state index in [2.05, 4.69) is 10.3 Å². The molecule has 0 saturated carbocycles. The third-order valence-electron chi connectivity index (χ3n) is 3.25. The van der Waals surface area contributed by atoms with Crippen LogP contribution in [0.2, 0.25) is 0 Å². The molecule has 0 spiro atoms. The maximum absolute atomic E-state index is 12.2. The van der Waals surface area contributed by atoms with E-state index in [1.807, 2.05) is 42.5 Å². The van der Waals surface area contributed by atoms with E-state index in [0.29, 0.717) is 23.7 Å². The molecule has 0 fully saturated rings. The number of carbonyl (C=O) groups excluding carboxylic acids is 1. The van der Waals surface area contributed by atoms with Crippen molar-refractivity contribution in [1.82, 2.24) is 10.3 Å². The van der Waals surface area contributed by atoms with E-state index in [9.17, 15) is 4.79 Å². The number of nitrogens with one attached hydrogen (secondary N) is 1. The van der Waals surface area contributed by atoms with E-state index in [1.54, 1.807) is 36.5 Å². The fourth-order valence-corrected chi connectivity index (χ4v) is 2.11. The first-order valence-electron chi connectivity index (χ1n) is 7.32. The largest absolute Gasteiger partial charge is 0.439 e. The number of hydrogen-bond acceptors (Lipinski definition) is 3. The SMILES string of the molecule is O=C(NCc1ccccc1)c1cccc(Oc2ccccn2)c1. The van der Waals surface area contributed by atoms with Gasteiger partial charge in [-0.15, -0.1) is 0 Å². The summed E-state index contributed by atoms with van der Waals surface area (Å²) in [4.78, 5) is 16.3. The molecule has 0 aliphatic heterocycles. The molecular weight excluding hydrogens is 288 g/mol. The summed E-state index contributed by atoms with van der Waals surface area (Å²) in [5, 5.41) is 2.90. The van der Waals surface area contributed by atoms with Crippen LogP contribution in [0.4, 0.5) is 0 Å². The molecule has 23 heavy (non-hydrogen) atoms. The molecule has 3 rings (SSSR count). The number of benzene rings is 2. The fraction of sp³-hybridized carbons (Fsp3) is 0.0526. The first-order chi connectivity index (χ1) is 11.3. The van der Waals surface area contributed by atoms with Crippen LogP contribution in [0.1, 0.15) is 15.9 Å². The zero-order chi connectivity index (χ0) is 15.9. The van der Waals surface area contributed by atoms with Crippen LogP contribution < -0.4 is 10.1 Å². The monoisotopic (exact) mass is 304 g/mol. The zero-order valence-corrected chi connectivity index (χ0v) is 12.5. The predicted octanol–water partition coefficient (Wildman–Crippen LogP) is 3.80. The summed E-state index contributed by atoms with van der Waals surface area (Å²) in [6.07, 6.45) is 1.66. The molecular formula is C19H16N2O2. The van der Waals surface area contributed by atoms with Crippen molar-refractivity contribution in [2.24, 2.45) is 0 Å². The fourth-order valence-electron chi connectivity index (χ4n) is 2.11. The summed E-state index contributed by atoms with van der Waals surface area (Å²) >= 11 is 0. The van der Waals surface area contributed by atoms with Crippen LogP contribution in [0.25, 0.3) is 0 Å². The van der Waals surface area contributed by atoms with E-state index in [-0.39, 0.29) is 5.91 Å². The van der Waals surface area contributed by atoms with Crippen molar-refractivity contribution in [1.29, 1.82) is 0 Å². The van der Waals surface area contributed by atoms with E-state index >= 15 is 0 Å². The van der Waals surface area contributed by atoms with Gasteiger partial charge in [0.1, 0.15) is 5.75 Å². The second-order valence-electron chi connectivity index (χ2n) is 4.97. The van der Waals surface area contributed by atoms with E-state index in [0.717, 1.165) is 5.56 Å². The molecule has 114 valence electrons. The van der Waals surface area contributed by atoms with Crippen LogP contribution in [0.3, 0.4) is 0 Å². The molecule has 1 amide bonds. The molecule has 0 atom stereocenters. The molecule has 1 N–H and O–H groups in total. The summed E-state index contributed by atoms with van der Waals surface area (Å²) in [5.41, 5.74) is 1.61. The molecule has 0 aliphatic carbocycles. The molecule has 4 nitrogen and oxygen atoms in total. The van der Waals surface area contributed by atoms with Gasteiger partial charge < -0.3 is 10.1 Å². The minimum Gasteiger partial charge on any atom is -0.439 e. The number of nitrogens with zero attached hydrogens (tertiary/aromatic N) is 1. The Bertz CT molecular complexity index is 774. The summed E-state index contributed by atoms with van der Waals surface area (Å²) in [5.74, 6) is 0.936. The van der Waals surface area contributed by atoms with Crippen molar-refractivity contribution in [3.8, 4) is 11.6 Å². The molecule has 1 heterocycles. The number of carbonyl (C=O) groups is 1. The number of hydrogen-bond donors (Lipinski definition) is 1. The van der Waals surface area contributed by atoms with Gasteiger partial charge in [-0.05, 0) is 29.8 Å². The number of amides is 1. The van der Waals surface area contributed by atoms with Crippen molar-refractivity contribution < 1.29 is 9.53 Å². The molecule has 0 aliphatic rings. The number of pyridine rings is 1. The van der Waals surface area contributed by atoms with Crippen molar-refractivity contribution >= 4 is 5.91 Å². The Morgan fingerprint density at radius 3 is 2.57 bits per heavy atom.